The highest BCUT2D eigenvalue weighted by Gasteiger charge is 2.40. The molecule has 70 heavy (non-hydrogen) atoms. The number of imidazole rings is 2. The molecule has 358 valence electrons. The molecule has 4 fully saturated rings. The molecular weight excluding hydrogens is 885 g/mol. The number of nitrogens with zero attached hydrogens (tertiary/aromatic N) is 6. The Balaban J connectivity index is 0.769. The fraction of sp³-hybridized carbons (Fsp3) is 0.333. The van der Waals surface area contributed by atoms with Crippen molar-refractivity contribution in [1.82, 2.24) is 50.2 Å². The van der Waals surface area contributed by atoms with E-state index in [1.165, 1.54) is 0 Å². The molecular formula is C54H56N10O6. The van der Waals surface area contributed by atoms with Gasteiger partial charge in [-0.25, -0.2) is 19.6 Å². The maximum absolute atomic E-state index is 14.2. The quantitative estimate of drug-likeness (QED) is 0.0868. The molecule has 6 amide bonds. The molecule has 0 radical (unpaired) electrons. The third kappa shape index (κ3) is 10.0. The maximum Gasteiger partial charge on any atom is 0.318 e. The fourth-order valence-corrected chi connectivity index (χ4v) is 10.0. The number of rotatable bonds is 10. The Morgan fingerprint density at radius 1 is 0.543 bits per heavy atom. The van der Waals surface area contributed by atoms with Gasteiger partial charge in [-0.15, -0.1) is 0 Å². The normalized spacial score (nSPS) is 20.8. The van der Waals surface area contributed by atoms with E-state index in [-0.39, 0.29) is 49.0 Å². The number of hydrogen-bond donors (Lipinski definition) is 6. The molecule has 6 N–H and O–H groups in total. The minimum absolute atomic E-state index is 0.201. The van der Waals surface area contributed by atoms with Gasteiger partial charge in [0, 0.05) is 50.4 Å². The van der Waals surface area contributed by atoms with Crippen LogP contribution in [-0.4, -0.2) is 125 Å². The summed E-state index contributed by atoms with van der Waals surface area (Å²) in [6.45, 7) is 2.43. The predicted molar refractivity (Wildman–Crippen MR) is 261 cm³/mol. The number of carbonyl (C=O) groups excluding carboxylic acids is 4. The first-order chi connectivity index (χ1) is 34.1. The summed E-state index contributed by atoms with van der Waals surface area (Å²) in [6.07, 6.45) is 6.54. The van der Waals surface area contributed by atoms with Crippen LogP contribution in [-0.2, 0) is 9.59 Å². The van der Waals surface area contributed by atoms with E-state index >= 15 is 0 Å². The summed E-state index contributed by atoms with van der Waals surface area (Å²) in [7, 11) is 0. The zero-order chi connectivity index (χ0) is 48.1. The third-order valence-electron chi connectivity index (χ3n) is 13.8. The number of nitrogens with one attached hydrogen (secondary N) is 4. The van der Waals surface area contributed by atoms with E-state index in [1.54, 1.807) is 22.2 Å². The Kier molecular flexibility index (Phi) is 13.5. The summed E-state index contributed by atoms with van der Waals surface area (Å²) < 4.78 is 0. The van der Waals surface area contributed by atoms with E-state index in [0.717, 1.165) is 59.3 Å². The molecule has 0 spiro atoms. The highest BCUT2D eigenvalue weighted by atomic mass is 16.3. The van der Waals surface area contributed by atoms with Crippen molar-refractivity contribution in [1.29, 1.82) is 0 Å². The smallest absolute Gasteiger partial charge is 0.318 e. The van der Waals surface area contributed by atoms with Crippen LogP contribution in [0.25, 0.3) is 22.5 Å². The number of carbonyl (C=O) groups is 4. The van der Waals surface area contributed by atoms with Crippen molar-refractivity contribution in [2.75, 3.05) is 39.3 Å². The van der Waals surface area contributed by atoms with E-state index in [0.29, 0.717) is 61.8 Å². The summed E-state index contributed by atoms with van der Waals surface area (Å²) in [5, 5.41) is 25.9. The van der Waals surface area contributed by atoms with Crippen molar-refractivity contribution in [3.05, 3.63) is 155 Å². The van der Waals surface area contributed by atoms with E-state index in [2.05, 4.69) is 32.4 Å². The second-order valence-electron chi connectivity index (χ2n) is 18.5. The number of urea groups is 2. The molecule has 4 aliphatic heterocycles. The standard InChI is InChI=1S/C54H56N10O6/c65-41-25-29-61(33-41)53(69)59-47(39-9-3-1-4-10-39)51(67)63-27-7-13-45(63)49-55-31-43(57-49)37-21-17-35(18-22-37)15-16-36-19-23-38(24-20-36)44-32-56-50(58-44)46-14-8-28-64(46)52(68)48(40-11-5-2-6-12-40)60-54(70)62-30-26-42(66)34-62/h1-6,9-12,17-24,31-32,41-42,45-48,65-66H,7-8,13-14,25-30,33-34H2,(H,55,57)(H,56,58)(H,59,69)(H,60,70)/t41-,42-,45-,46-,47+,48+/m0/s1. The largest absolute Gasteiger partial charge is 0.391 e. The van der Waals surface area contributed by atoms with Crippen LogP contribution in [0.1, 0.15) is 96.6 Å². The monoisotopic (exact) mass is 940 g/mol. The minimum atomic E-state index is -0.882. The molecule has 6 aromatic rings. The number of aliphatic hydroxyl groups is 2. The van der Waals surface area contributed by atoms with Gasteiger partial charge in [-0.1, -0.05) is 96.8 Å². The van der Waals surface area contributed by atoms with Crippen molar-refractivity contribution in [3.8, 4) is 34.4 Å². The van der Waals surface area contributed by atoms with Crippen LogP contribution < -0.4 is 10.6 Å². The Labute approximate surface area is 406 Å². The zero-order valence-electron chi connectivity index (χ0n) is 38.7. The van der Waals surface area contributed by atoms with Gasteiger partial charge < -0.3 is 50.4 Å². The van der Waals surface area contributed by atoms with Crippen LogP contribution in [0.15, 0.2) is 122 Å². The highest BCUT2D eigenvalue weighted by Crippen LogP contribution is 2.36. The zero-order valence-corrected chi connectivity index (χ0v) is 38.7. The molecule has 0 saturated carbocycles. The molecule has 0 bridgehead atoms. The van der Waals surface area contributed by atoms with Gasteiger partial charge in [0.25, 0.3) is 0 Å². The van der Waals surface area contributed by atoms with E-state index < -0.39 is 24.3 Å². The van der Waals surface area contributed by atoms with Crippen LogP contribution in [0.4, 0.5) is 9.59 Å². The number of likely N-dealkylation sites (tertiary alicyclic amines) is 4. The first-order valence-corrected chi connectivity index (χ1v) is 24.2. The Morgan fingerprint density at radius 2 is 0.943 bits per heavy atom. The second-order valence-corrected chi connectivity index (χ2v) is 18.5. The van der Waals surface area contributed by atoms with Crippen LogP contribution in [0.3, 0.4) is 0 Å². The van der Waals surface area contributed by atoms with Gasteiger partial charge >= 0.3 is 12.1 Å². The van der Waals surface area contributed by atoms with Gasteiger partial charge in [-0.3, -0.25) is 9.59 Å². The summed E-state index contributed by atoms with van der Waals surface area (Å²) in [4.78, 5) is 78.1. The highest BCUT2D eigenvalue weighted by molar-refractivity contribution is 5.90. The summed E-state index contributed by atoms with van der Waals surface area (Å²) in [6, 6.07) is 31.3. The first kappa shape index (κ1) is 46.0. The van der Waals surface area contributed by atoms with Gasteiger partial charge in [-0.2, -0.15) is 0 Å². The van der Waals surface area contributed by atoms with Crippen LogP contribution in [0, 0.1) is 11.8 Å². The number of aromatic nitrogens is 4. The van der Waals surface area contributed by atoms with Crippen LogP contribution in [0.5, 0.6) is 0 Å². The summed E-state index contributed by atoms with van der Waals surface area (Å²) >= 11 is 0. The average Bonchev–Trinajstić information content (AvgIpc) is 4.26. The molecule has 16 heteroatoms. The molecule has 6 heterocycles. The average molecular weight is 941 g/mol. The molecule has 0 unspecified atom stereocenters. The van der Waals surface area contributed by atoms with Gasteiger partial charge in [0.2, 0.25) is 11.8 Å². The van der Waals surface area contributed by atoms with Crippen molar-refractivity contribution in [2.45, 2.75) is 74.9 Å². The Morgan fingerprint density at radius 3 is 1.31 bits per heavy atom. The molecule has 16 nitrogen and oxygen atoms in total. The number of aromatic amines is 2. The van der Waals surface area contributed by atoms with Gasteiger partial charge in [-0.05, 0) is 85.0 Å². The molecule has 0 aliphatic carbocycles. The van der Waals surface area contributed by atoms with Crippen LogP contribution in [0.2, 0.25) is 0 Å². The number of benzene rings is 4. The lowest BCUT2D eigenvalue weighted by molar-refractivity contribution is -0.135. The van der Waals surface area contributed by atoms with Gasteiger partial charge in [0.05, 0.1) is 48.1 Å². The Hall–Kier alpha value is -7.74. The van der Waals surface area contributed by atoms with E-state index in [4.69, 9.17) is 9.97 Å². The third-order valence-corrected chi connectivity index (χ3v) is 13.8. The predicted octanol–water partition coefficient (Wildman–Crippen LogP) is 6.23. The van der Waals surface area contributed by atoms with Crippen molar-refractivity contribution in [2.24, 2.45) is 0 Å². The summed E-state index contributed by atoms with van der Waals surface area (Å²) in [5.74, 6) is 7.51. The molecule has 4 aliphatic rings. The Bertz CT molecular complexity index is 2680. The summed E-state index contributed by atoms with van der Waals surface area (Å²) in [5.41, 5.74) is 6.57. The van der Waals surface area contributed by atoms with Crippen molar-refractivity contribution >= 4 is 23.9 Å². The van der Waals surface area contributed by atoms with Crippen molar-refractivity contribution < 1.29 is 29.4 Å². The number of H-pyrrole nitrogens is 2. The maximum atomic E-state index is 14.2. The molecule has 4 saturated heterocycles. The minimum Gasteiger partial charge on any atom is -0.391 e. The molecule has 6 atom stereocenters. The molecule has 2 aromatic heterocycles. The first-order valence-electron chi connectivity index (χ1n) is 24.2. The SMILES string of the molecule is O=C(N[C@@H](C(=O)N1CCC[C@H]1c1ncc(-c2ccc(C#Cc3ccc(-c4cnc([C@@H]5CCCN5C(=O)[C@H](NC(=O)N5CC[C@H](O)C5)c5ccccc5)[nH]4)cc3)cc2)[nH]1)c1ccccc1)N1CC[C@H](O)C1. The van der Waals surface area contributed by atoms with E-state index in [1.807, 2.05) is 119 Å². The molecule has 10 rings (SSSR count). The number of aliphatic hydroxyl groups excluding tert-OH is 2. The van der Waals surface area contributed by atoms with Crippen LogP contribution >= 0.6 is 0 Å². The lowest BCUT2D eigenvalue weighted by atomic mass is 10.0. The van der Waals surface area contributed by atoms with Gasteiger partial charge in [0.1, 0.15) is 23.7 Å². The second kappa shape index (κ2) is 20.5. The topological polar surface area (TPSA) is 203 Å². The molecule has 4 aromatic carbocycles. The fourth-order valence-electron chi connectivity index (χ4n) is 10.0. The number of β-amino-alcohol motifs (C(OH)–C–C–N with tert-alkyl or cyclic N) is 2. The van der Waals surface area contributed by atoms with E-state index in [9.17, 15) is 29.4 Å². The number of hydrogen-bond acceptors (Lipinski definition) is 8. The van der Waals surface area contributed by atoms with Crippen molar-refractivity contribution in [3.63, 3.8) is 0 Å². The number of amides is 6. The van der Waals surface area contributed by atoms with Gasteiger partial charge in [0.15, 0.2) is 0 Å². The lowest BCUT2D eigenvalue weighted by Crippen LogP contribution is -2.47. The lowest BCUT2D eigenvalue weighted by Gasteiger charge is -2.30.